The fourth-order valence-corrected chi connectivity index (χ4v) is 2.87. The van der Waals surface area contributed by atoms with Crippen molar-refractivity contribution in [3.8, 4) is 22.6 Å². The number of hydrogen-bond acceptors (Lipinski definition) is 8. The Bertz CT molecular complexity index is 1080. The lowest BCUT2D eigenvalue weighted by atomic mass is 9.95. The maximum Gasteiger partial charge on any atom is 0.343 e. The van der Waals surface area contributed by atoms with Gasteiger partial charge in [-0.15, -0.1) is 0 Å². The molecule has 1 aromatic heterocycles. The highest BCUT2D eigenvalue weighted by Gasteiger charge is 2.29. The van der Waals surface area contributed by atoms with Crippen LogP contribution in [0.15, 0.2) is 16.9 Å². The molecule has 0 radical (unpaired) electrons. The molecule has 30 heavy (non-hydrogen) atoms. The number of nitrogens with two attached hydrogens (primary N) is 1. The number of ether oxygens (including phenoxy) is 3. The summed E-state index contributed by atoms with van der Waals surface area (Å²) in [5.74, 6) is -4.46. The highest BCUT2D eigenvalue weighted by atomic mass is 35.5. The molecule has 0 atom stereocenters. The maximum absolute atomic E-state index is 12.2. The first kappa shape index (κ1) is 22.6. The number of halogens is 1. The van der Waals surface area contributed by atoms with Crippen molar-refractivity contribution in [2.24, 2.45) is 0 Å². The lowest BCUT2D eigenvalue weighted by molar-refractivity contribution is -0.142. The van der Waals surface area contributed by atoms with E-state index >= 15 is 0 Å². The number of aromatic amines is 1. The van der Waals surface area contributed by atoms with Crippen LogP contribution in [0.1, 0.15) is 27.6 Å². The Hall–Kier alpha value is -3.73. The van der Waals surface area contributed by atoms with E-state index < -0.39 is 52.6 Å². The maximum atomic E-state index is 12.2. The zero-order valence-electron chi connectivity index (χ0n) is 15.8. The van der Waals surface area contributed by atoms with Crippen molar-refractivity contribution in [2.75, 3.05) is 26.1 Å². The van der Waals surface area contributed by atoms with E-state index in [0.717, 1.165) is 0 Å². The fraction of sp³-hybridized carbons (Fsp3) is 0.222. The molecule has 5 N–H and O–H groups in total. The van der Waals surface area contributed by atoms with Crippen LogP contribution in [0, 0.1) is 0 Å². The van der Waals surface area contributed by atoms with Gasteiger partial charge in [-0.2, -0.15) is 0 Å². The number of carbonyl (C=O) groups excluding carboxylic acids is 1. The molecule has 0 aliphatic rings. The van der Waals surface area contributed by atoms with Crippen molar-refractivity contribution in [1.82, 2.24) is 4.98 Å². The van der Waals surface area contributed by atoms with Crippen molar-refractivity contribution in [2.45, 2.75) is 6.92 Å². The summed E-state index contributed by atoms with van der Waals surface area (Å²) in [5, 5.41) is 18.9. The summed E-state index contributed by atoms with van der Waals surface area (Å²) >= 11 is 6.25. The van der Waals surface area contributed by atoms with Gasteiger partial charge in [0.1, 0.15) is 16.9 Å². The number of methoxy groups -OCH3 is 1. The molecule has 0 aliphatic carbocycles. The molecule has 0 unspecified atom stereocenters. The zero-order chi connectivity index (χ0) is 22.6. The average Bonchev–Trinajstić information content (AvgIpc) is 2.66. The number of carbonyl (C=O) groups is 3. The van der Waals surface area contributed by atoms with E-state index in [1.807, 2.05) is 4.98 Å². The van der Waals surface area contributed by atoms with Gasteiger partial charge in [0.2, 0.25) is 0 Å². The monoisotopic (exact) mass is 440 g/mol. The van der Waals surface area contributed by atoms with Crippen LogP contribution >= 0.6 is 11.6 Å². The Morgan fingerprint density at radius 1 is 1.10 bits per heavy atom. The quantitative estimate of drug-likeness (QED) is 0.440. The Morgan fingerprint density at radius 3 is 2.23 bits per heavy atom. The number of anilines is 1. The molecule has 2 aromatic rings. The van der Waals surface area contributed by atoms with Crippen LogP contribution in [0.5, 0.6) is 11.5 Å². The SMILES string of the molecule is CCOc1cc(-c2c(C(=O)O)c(N)[nH]c(=O)c2C(=O)O)c(Cl)cc1OCC(=O)OC. The third-order valence-corrected chi connectivity index (χ3v) is 4.16. The zero-order valence-corrected chi connectivity index (χ0v) is 16.5. The largest absolute Gasteiger partial charge is 0.490 e. The highest BCUT2D eigenvalue weighted by Crippen LogP contribution is 2.41. The van der Waals surface area contributed by atoms with E-state index in [4.69, 9.17) is 26.8 Å². The molecule has 1 aromatic carbocycles. The van der Waals surface area contributed by atoms with Crippen molar-refractivity contribution in [3.63, 3.8) is 0 Å². The van der Waals surface area contributed by atoms with Gasteiger partial charge in [-0.3, -0.25) is 4.79 Å². The number of rotatable bonds is 8. The second-order valence-electron chi connectivity index (χ2n) is 5.68. The van der Waals surface area contributed by atoms with Gasteiger partial charge in [0, 0.05) is 17.2 Å². The highest BCUT2D eigenvalue weighted by molar-refractivity contribution is 6.34. The van der Waals surface area contributed by atoms with Gasteiger partial charge in [-0.1, -0.05) is 11.6 Å². The first-order valence-electron chi connectivity index (χ1n) is 8.30. The van der Waals surface area contributed by atoms with Crippen LogP contribution in [-0.2, 0) is 9.53 Å². The molecule has 0 bridgehead atoms. The van der Waals surface area contributed by atoms with Crippen LogP contribution < -0.4 is 20.8 Å². The van der Waals surface area contributed by atoms with Gasteiger partial charge >= 0.3 is 17.9 Å². The number of hydrogen-bond donors (Lipinski definition) is 4. The molecule has 0 fully saturated rings. The number of pyridine rings is 1. The topological polar surface area (TPSA) is 178 Å². The van der Waals surface area contributed by atoms with Gasteiger partial charge in [0.05, 0.1) is 18.7 Å². The van der Waals surface area contributed by atoms with Crippen LogP contribution in [0.4, 0.5) is 5.82 Å². The lowest BCUT2D eigenvalue weighted by Gasteiger charge is -2.17. The normalized spacial score (nSPS) is 10.4. The number of carboxylic acid groups (broad SMARTS) is 2. The summed E-state index contributed by atoms with van der Waals surface area (Å²) < 4.78 is 15.2. The van der Waals surface area contributed by atoms with Crippen molar-refractivity contribution < 1.29 is 38.8 Å². The van der Waals surface area contributed by atoms with Crippen LogP contribution in [0.25, 0.3) is 11.1 Å². The Balaban J connectivity index is 2.82. The molecule has 0 saturated carbocycles. The molecule has 160 valence electrons. The number of benzene rings is 1. The van der Waals surface area contributed by atoms with Gasteiger partial charge in [-0.05, 0) is 13.0 Å². The Morgan fingerprint density at radius 2 is 1.70 bits per heavy atom. The van der Waals surface area contributed by atoms with E-state index in [-0.39, 0.29) is 28.7 Å². The lowest BCUT2D eigenvalue weighted by Crippen LogP contribution is -2.24. The first-order chi connectivity index (χ1) is 14.1. The van der Waals surface area contributed by atoms with Crippen LogP contribution in [0.3, 0.4) is 0 Å². The third-order valence-electron chi connectivity index (χ3n) is 3.85. The number of H-pyrrole nitrogens is 1. The smallest absolute Gasteiger partial charge is 0.343 e. The molecular weight excluding hydrogens is 424 g/mol. The number of aromatic nitrogens is 1. The first-order valence-corrected chi connectivity index (χ1v) is 8.68. The van der Waals surface area contributed by atoms with Crippen LogP contribution in [-0.4, -0.2) is 53.4 Å². The summed E-state index contributed by atoms with van der Waals surface area (Å²) in [7, 11) is 1.17. The van der Waals surface area contributed by atoms with Crippen molar-refractivity contribution in [1.29, 1.82) is 0 Å². The number of aromatic carboxylic acids is 2. The summed E-state index contributed by atoms with van der Waals surface area (Å²) in [4.78, 5) is 49.0. The predicted molar refractivity (Wildman–Crippen MR) is 105 cm³/mol. The van der Waals surface area contributed by atoms with Gasteiger partial charge in [0.25, 0.3) is 5.56 Å². The number of carboxylic acids is 2. The minimum Gasteiger partial charge on any atom is -0.490 e. The number of nitrogens with one attached hydrogen (secondary N) is 1. The molecular formula is C18H17ClN2O9. The molecule has 2 rings (SSSR count). The summed E-state index contributed by atoms with van der Waals surface area (Å²) in [5.41, 5.74) is 2.35. The van der Waals surface area contributed by atoms with E-state index in [2.05, 4.69) is 4.74 Å². The third kappa shape index (κ3) is 4.46. The minimum absolute atomic E-state index is 0.0163. The van der Waals surface area contributed by atoms with E-state index in [0.29, 0.717) is 0 Å². The Kier molecular flexibility index (Phi) is 6.90. The molecule has 12 heteroatoms. The van der Waals surface area contributed by atoms with Crippen molar-refractivity contribution in [3.05, 3.63) is 38.6 Å². The molecule has 0 spiro atoms. The summed E-state index contributed by atoms with van der Waals surface area (Å²) in [6.07, 6.45) is 0. The second-order valence-corrected chi connectivity index (χ2v) is 6.09. The minimum atomic E-state index is -1.69. The van der Waals surface area contributed by atoms with E-state index in [9.17, 15) is 29.4 Å². The molecule has 11 nitrogen and oxygen atoms in total. The fourth-order valence-electron chi connectivity index (χ4n) is 2.62. The summed E-state index contributed by atoms with van der Waals surface area (Å²) in [6.45, 7) is 1.32. The molecule has 0 amide bonds. The van der Waals surface area contributed by atoms with Gasteiger partial charge in [0.15, 0.2) is 18.1 Å². The summed E-state index contributed by atoms with van der Waals surface area (Å²) in [6, 6.07) is 2.39. The van der Waals surface area contributed by atoms with Gasteiger partial charge in [-0.25, -0.2) is 14.4 Å². The molecule has 0 aliphatic heterocycles. The second kappa shape index (κ2) is 9.18. The van der Waals surface area contributed by atoms with Gasteiger partial charge < -0.3 is 35.1 Å². The standard InChI is InChI=1S/C18H17ClN2O9/c1-3-29-9-4-7(8(19)5-10(9)30-6-11(22)28-2)12-13(17(24)25)15(20)21-16(23)14(12)18(26)27/h4-5H,3,6H2,1-2H3,(H,24,25)(H,26,27)(H3,20,21,23). The van der Waals surface area contributed by atoms with Crippen molar-refractivity contribution >= 4 is 35.3 Å². The average molecular weight is 441 g/mol. The molecule has 0 saturated heterocycles. The Labute approximate surface area is 173 Å². The number of esters is 1. The molecule has 1 heterocycles. The van der Waals surface area contributed by atoms with E-state index in [1.165, 1.54) is 19.2 Å². The number of nitrogen functional groups attached to an aromatic ring is 1. The van der Waals surface area contributed by atoms with E-state index in [1.54, 1.807) is 6.92 Å². The van der Waals surface area contributed by atoms with Crippen LogP contribution in [0.2, 0.25) is 5.02 Å². The predicted octanol–water partition coefficient (Wildman–Crippen LogP) is 1.62.